The van der Waals surface area contributed by atoms with Crippen LogP contribution in [0.2, 0.25) is 0 Å². The summed E-state index contributed by atoms with van der Waals surface area (Å²) in [7, 11) is 1.99. The van der Waals surface area contributed by atoms with Gasteiger partial charge in [-0.1, -0.05) is 30.3 Å². The van der Waals surface area contributed by atoms with Crippen LogP contribution in [0.5, 0.6) is 0 Å². The lowest BCUT2D eigenvalue weighted by molar-refractivity contribution is -0.122. The second kappa shape index (κ2) is 6.86. The van der Waals surface area contributed by atoms with Gasteiger partial charge in [0, 0.05) is 12.1 Å². The van der Waals surface area contributed by atoms with Gasteiger partial charge in [-0.05, 0) is 38.8 Å². The van der Waals surface area contributed by atoms with E-state index >= 15 is 0 Å². The molecule has 20 heavy (non-hydrogen) atoms. The highest BCUT2D eigenvalue weighted by Gasteiger charge is 2.27. The van der Waals surface area contributed by atoms with Gasteiger partial charge < -0.3 is 10.4 Å². The molecule has 0 heterocycles. The van der Waals surface area contributed by atoms with Crippen molar-refractivity contribution in [2.45, 2.75) is 44.4 Å². The number of carbonyl (C=O) groups is 1. The average molecular weight is 276 g/mol. The summed E-state index contributed by atoms with van der Waals surface area (Å²) < 4.78 is 0. The summed E-state index contributed by atoms with van der Waals surface area (Å²) in [4.78, 5) is 14.0. The number of carbonyl (C=O) groups excluding carboxylic acids is 1. The average Bonchev–Trinajstić information content (AvgIpc) is 3.23. The maximum absolute atomic E-state index is 11.9. The van der Waals surface area contributed by atoms with Crippen molar-refractivity contribution in [1.82, 2.24) is 10.2 Å². The standard InChI is InChI=1S/C16H24N2O2/c1-12(10-15(19)13-6-4-3-5-7-13)17-16(20)11-18(2)14-8-9-14/h3-7,12,14-15,19H,8-11H2,1-2H3,(H,17,20). The molecule has 2 atom stereocenters. The monoisotopic (exact) mass is 276 g/mol. The summed E-state index contributed by atoms with van der Waals surface area (Å²) in [6, 6.07) is 10.1. The Morgan fingerprint density at radius 1 is 1.40 bits per heavy atom. The molecule has 0 spiro atoms. The topological polar surface area (TPSA) is 52.6 Å². The predicted molar refractivity (Wildman–Crippen MR) is 79.3 cm³/mol. The number of likely N-dealkylation sites (N-methyl/N-ethyl adjacent to an activating group) is 1. The van der Waals surface area contributed by atoms with Gasteiger partial charge >= 0.3 is 0 Å². The van der Waals surface area contributed by atoms with Crippen LogP contribution in [0.1, 0.15) is 37.9 Å². The first kappa shape index (κ1) is 15.0. The van der Waals surface area contributed by atoms with Crippen molar-refractivity contribution in [3.63, 3.8) is 0 Å². The third-order valence-corrected chi connectivity index (χ3v) is 3.73. The molecule has 1 aromatic rings. The van der Waals surface area contributed by atoms with Gasteiger partial charge in [0.25, 0.3) is 0 Å². The first-order valence-electron chi connectivity index (χ1n) is 7.29. The van der Waals surface area contributed by atoms with Crippen molar-refractivity contribution < 1.29 is 9.90 Å². The van der Waals surface area contributed by atoms with Gasteiger partial charge in [0.05, 0.1) is 12.6 Å². The maximum atomic E-state index is 11.9. The second-order valence-electron chi connectivity index (χ2n) is 5.78. The van der Waals surface area contributed by atoms with Crippen molar-refractivity contribution in [1.29, 1.82) is 0 Å². The van der Waals surface area contributed by atoms with E-state index in [0.717, 1.165) is 5.56 Å². The number of nitrogens with one attached hydrogen (secondary N) is 1. The van der Waals surface area contributed by atoms with Crippen molar-refractivity contribution in [3.8, 4) is 0 Å². The Morgan fingerprint density at radius 2 is 2.05 bits per heavy atom. The third kappa shape index (κ3) is 4.62. The summed E-state index contributed by atoms with van der Waals surface area (Å²) in [5.74, 6) is 0.0344. The van der Waals surface area contributed by atoms with E-state index in [2.05, 4.69) is 10.2 Å². The van der Waals surface area contributed by atoms with Crippen LogP contribution < -0.4 is 5.32 Å². The number of rotatable bonds is 7. The molecule has 4 heteroatoms. The Labute approximate surface area is 120 Å². The molecule has 0 bridgehead atoms. The number of amides is 1. The van der Waals surface area contributed by atoms with Crippen LogP contribution in [0.25, 0.3) is 0 Å². The Hall–Kier alpha value is -1.39. The predicted octanol–water partition coefficient (Wildman–Crippen LogP) is 1.71. The van der Waals surface area contributed by atoms with E-state index in [-0.39, 0.29) is 11.9 Å². The SMILES string of the molecule is CC(CC(O)c1ccccc1)NC(=O)CN(C)C1CC1. The first-order chi connectivity index (χ1) is 9.56. The number of hydrogen-bond acceptors (Lipinski definition) is 3. The largest absolute Gasteiger partial charge is 0.388 e. The van der Waals surface area contributed by atoms with Crippen LogP contribution in [0.3, 0.4) is 0 Å². The minimum atomic E-state index is -0.535. The molecular weight excluding hydrogens is 252 g/mol. The lowest BCUT2D eigenvalue weighted by atomic mass is 10.0. The fourth-order valence-corrected chi connectivity index (χ4v) is 2.40. The van der Waals surface area contributed by atoms with Crippen molar-refractivity contribution >= 4 is 5.91 Å². The summed E-state index contributed by atoms with van der Waals surface area (Å²) in [5, 5.41) is 13.1. The van der Waals surface area contributed by atoms with Crippen LogP contribution >= 0.6 is 0 Å². The number of benzene rings is 1. The van der Waals surface area contributed by atoms with E-state index in [4.69, 9.17) is 0 Å². The lowest BCUT2D eigenvalue weighted by Gasteiger charge is -2.20. The van der Waals surface area contributed by atoms with Crippen LogP contribution in [-0.2, 0) is 4.79 Å². The molecular formula is C16H24N2O2. The third-order valence-electron chi connectivity index (χ3n) is 3.73. The van der Waals surface area contributed by atoms with E-state index in [0.29, 0.717) is 19.0 Å². The molecule has 110 valence electrons. The van der Waals surface area contributed by atoms with Gasteiger partial charge in [0.15, 0.2) is 0 Å². The van der Waals surface area contributed by atoms with E-state index in [1.165, 1.54) is 12.8 Å². The molecule has 0 radical (unpaired) electrons. The van der Waals surface area contributed by atoms with E-state index < -0.39 is 6.10 Å². The van der Waals surface area contributed by atoms with Crippen molar-refractivity contribution in [3.05, 3.63) is 35.9 Å². The molecule has 2 N–H and O–H groups in total. The minimum Gasteiger partial charge on any atom is -0.388 e. The zero-order chi connectivity index (χ0) is 14.5. The zero-order valence-electron chi connectivity index (χ0n) is 12.2. The summed E-state index contributed by atoms with van der Waals surface area (Å²) in [5.41, 5.74) is 0.892. The van der Waals surface area contributed by atoms with Crippen LogP contribution in [0.15, 0.2) is 30.3 Å². The highest BCUT2D eigenvalue weighted by molar-refractivity contribution is 5.78. The van der Waals surface area contributed by atoms with Gasteiger partial charge in [-0.2, -0.15) is 0 Å². The van der Waals surface area contributed by atoms with Crippen molar-refractivity contribution in [2.75, 3.05) is 13.6 Å². The molecule has 1 aliphatic rings. The number of hydrogen-bond donors (Lipinski definition) is 2. The maximum Gasteiger partial charge on any atom is 0.234 e. The molecule has 2 unspecified atom stereocenters. The summed E-state index contributed by atoms with van der Waals surface area (Å²) in [6.07, 6.45) is 2.40. The number of aliphatic hydroxyl groups is 1. The van der Waals surface area contributed by atoms with Gasteiger partial charge in [0.2, 0.25) is 5.91 Å². The van der Waals surface area contributed by atoms with Crippen molar-refractivity contribution in [2.24, 2.45) is 0 Å². The van der Waals surface area contributed by atoms with Crippen LogP contribution in [0, 0.1) is 0 Å². The Bertz CT molecular complexity index is 431. The minimum absolute atomic E-state index is 0.0344. The highest BCUT2D eigenvalue weighted by atomic mass is 16.3. The molecule has 1 amide bonds. The highest BCUT2D eigenvalue weighted by Crippen LogP contribution is 2.24. The molecule has 1 aliphatic carbocycles. The smallest absolute Gasteiger partial charge is 0.234 e. The Morgan fingerprint density at radius 3 is 2.65 bits per heavy atom. The van der Waals surface area contributed by atoms with Crippen LogP contribution in [-0.4, -0.2) is 41.6 Å². The molecule has 4 nitrogen and oxygen atoms in total. The molecule has 1 saturated carbocycles. The van der Waals surface area contributed by atoms with Gasteiger partial charge in [0.1, 0.15) is 0 Å². The van der Waals surface area contributed by atoms with E-state index in [9.17, 15) is 9.90 Å². The van der Waals surface area contributed by atoms with E-state index in [1.807, 2.05) is 44.3 Å². The quantitative estimate of drug-likeness (QED) is 0.797. The Balaban J connectivity index is 1.74. The zero-order valence-corrected chi connectivity index (χ0v) is 12.2. The number of nitrogens with zero attached hydrogens (tertiary/aromatic N) is 1. The fraction of sp³-hybridized carbons (Fsp3) is 0.562. The molecule has 0 saturated heterocycles. The molecule has 2 rings (SSSR count). The molecule has 0 aromatic heterocycles. The van der Waals surface area contributed by atoms with E-state index in [1.54, 1.807) is 0 Å². The molecule has 0 aliphatic heterocycles. The van der Waals surface area contributed by atoms with Gasteiger partial charge in [-0.25, -0.2) is 0 Å². The first-order valence-corrected chi connectivity index (χ1v) is 7.29. The lowest BCUT2D eigenvalue weighted by Crippen LogP contribution is -2.41. The molecule has 1 aromatic carbocycles. The Kier molecular flexibility index (Phi) is 5.15. The molecule has 1 fully saturated rings. The normalized spacial score (nSPS) is 17.8. The number of aliphatic hydroxyl groups excluding tert-OH is 1. The van der Waals surface area contributed by atoms with Crippen LogP contribution in [0.4, 0.5) is 0 Å². The van der Waals surface area contributed by atoms with Gasteiger partial charge in [-0.3, -0.25) is 9.69 Å². The summed E-state index contributed by atoms with van der Waals surface area (Å²) in [6.45, 7) is 2.37. The second-order valence-corrected chi connectivity index (χ2v) is 5.78. The summed E-state index contributed by atoms with van der Waals surface area (Å²) >= 11 is 0. The fourth-order valence-electron chi connectivity index (χ4n) is 2.40. The van der Waals surface area contributed by atoms with Gasteiger partial charge in [-0.15, -0.1) is 0 Å².